The van der Waals surface area contributed by atoms with Gasteiger partial charge in [0.1, 0.15) is 0 Å². The molecule has 2 nitrogen and oxygen atoms in total. The van der Waals surface area contributed by atoms with Crippen molar-refractivity contribution in [2.75, 3.05) is 5.32 Å². The molecule has 0 bridgehead atoms. The summed E-state index contributed by atoms with van der Waals surface area (Å²) in [6, 6.07) is 10.4. The first kappa shape index (κ1) is 12.4. The standard InChI is InChI=1S/C13H11F3N2/c14-13(15,16)10-4-6-11(7-5-10)18-9-12-3-1-2-8-17-12/h1-8,18H,9H2. The zero-order chi connectivity index (χ0) is 13.0. The minimum Gasteiger partial charge on any atom is -0.379 e. The quantitative estimate of drug-likeness (QED) is 0.900. The van der Waals surface area contributed by atoms with E-state index in [1.165, 1.54) is 12.1 Å². The number of benzene rings is 1. The minimum atomic E-state index is -4.29. The van der Waals surface area contributed by atoms with Gasteiger partial charge in [0.2, 0.25) is 0 Å². The number of hydrogen-bond donors (Lipinski definition) is 1. The number of hydrogen-bond acceptors (Lipinski definition) is 2. The van der Waals surface area contributed by atoms with E-state index in [4.69, 9.17) is 0 Å². The van der Waals surface area contributed by atoms with Crippen LogP contribution in [-0.4, -0.2) is 4.98 Å². The molecule has 1 aromatic carbocycles. The van der Waals surface area contributed by atoms with Crippen LogP contribution >= 0.6 is 0 Å². The molecule has 0 aliphatic carbocycles. The predicted octanol–water partition coefficient (Wildman–Crippen LogP) is 3.71. The Morgan fingerprint density at radius 1 is 1.00 bits per heavy atom. The third-order valence-electron chi connectivity index (χ3n) is 2.41. The molecule has 0 radical (unpaired) electrons. The highest BCUT2D eigenvalue weighted by atomic mass is 19.4. The van der Waals surface area contributed by atoms with E-state index >= 15 is 0 Å². The molecular formula is C13H11F3N2. The Morgan fingerprint density at radius 3 is 2.28 bits per heavy atom. The molecule has 0 fully saturated rings. The summed E-state index contributed by atoms with van der Waals surface area (Å²) in [5.74, 6) is 0. The Kier molecular flexibility index (Phi) is 3.50. The molecule has 0 aliphatic rings. The van der Waals surface area contributed by atoms with Gasteiger partial charge in [-0.25, -0.2) is 0 Å². The van der Waals surface area contributed by atoms with Gasteiger partial charge in [-0.2, -0.15) is 13.2 Å². The number of rotatable bonds is 3. The monoisotopic (exact) mass is 252 g/mol. The van der Waals surface area contributed by atoms with Gasteiger partial charge in [-0.3, -0.25) is 4.98 Å². The van der Waals surface area contributed by atoms with Gasteiger partial charge in [-0.1, -0.05) is 6.07 Å². The van der Waals surface area contributed by atoms with Crippen molar-refractivity contribution in [1.82, 2.24) is 4.98 Å². The van der Waals surface area contributed by atoms with Gasteiger partial charge >= 0.3 is 6.18 Å². The van der Waals surface area contributed by atoms with Crippen LogP contribution in [0.15, 0.2) is 48.7 Å². The molecule has 1 aromatic heterocycles. The van der Waals surface area contributed by atoms with Gasteiger partial charge in [-0.15, -0.1) is 0 Å². The van der Waals surface area contributed by atoms with Crippen LogP contribution in [0.1, 0.15) is 11.3 Å². The van der Waals surface area contributed by atoms with Crippen molar-refractivity contribution in [3.8, 4) is 0 Å². The van der Waals surface area contributed by atoms with Gasteiger partial charge in [-0.05, 0) is 36.4 Å². The van der Waals surface area contributed by atoms with Crippen LogP contribution in [0, 0.1) is 0 Å². The molecule has 18 heavy (non-hydrogen) atoms. The van der Waals surface area contributed by atoms with Gasteiger partial charge in [0.25, 0.3) is 0 Å². The fourth-order valence-corrected chi connectivity index (χ4v) is 1.47. The van der Waals surface area contributed by atoms with Crippen LogP contribution in [-0.2, 0) is 12.7 Å². The molecule has 0 unspecified atom stereocenters. The maximum atomic E-state index is 12.3. The van der Waals surface area contributed by atoms with Crippen LogP contribution in [0.25, 0.3) is 0 Å². The van der Waals surface area contributed by atoms with E-state index in [1.54, 1.807) is 6.20 Å². The van der Waals surface area contributed by atoms with Gasteiger partial charge in [0.15, 0.2) is 0 Å². The number of nitrogens with one attached hydrogen (secondary N) is 1. The molecule has 0 spiro atoms. The maximum Gasteiger partial charge on any atom is 0.416 e. The van der Waals surface area contributed by atoms with Crippen molar-refractivity contribution in [2.24, 2.45) is 0 Å². The highest BCUT2D eigenvalue weighted by molar-refractivity contribution is 5.45. The van der Waals surface area contributed by atoms with Crippen LogP contribution < -0.4 is 5.32 Å². The number of nitrogens with zero attached hydrogens (tertiary/aromatic N) is 1. The number of aromatic nitrogens is 1. The molecule has 0 atom stereocenters. The Hall–Kier alpha value is -2.04. The van der Waals surface area contributed by atoms with Crippen molar-refractivity contribution in [1.29, 1.82) is 0 Å². The summed E-state index contributed by atoms with van der Waals surface area (Å²) in [5, 5.41) is 3.01. The third kappa shape index (κ3) is 3.23. The first-order chi connectivity index (χ1) is 8.55. The molecule has 2 aromatic rings. The van der Waals surface area contributed by atoms with Crippen molar-refractivity contribution < 1.29 is 13.2 Å². The van der Waals surface area contributed by atoms with Crippen LogP contribution in [0.5, 0.6) is 0 Å². The number of pyridine rings is 1. The lowest BCUT2D eigenvalue weighted by Gasteiger charge is -2.09. The highest BCUT2D eigenvalue weighted by Crippen LogP contribution is 2.29. The first-order valence-electron chi connectivity index (χ1n) is 5.37. The Bertz CT molecular complexity index is 492. The Morgan fingerprint density at radius 2 is 1.72 bits per heavy atom. The van der Waals surface area contributed by atoms with E-state index in [0.29, 0.717) is 12.2 Å². The lowest BCUT2D eigenvalue weighted by molar-refractivity contribution is -0.137. The summed E-state index contributed by atoms with van der Waals surface area (Å²) >= 11 is 0. The van der Waals surface area contributed by atoms with E-state index in [1.807, 2.05) is 18.2 Å². The molecule has 0 saturated carbocycles. The smallest absolute Gasteiger partial charge is 0.379 e. The van der Waals surface area contributed by atoms with Crippen molar-refractivity contribution in [3.05, 3.63) is 59.9 Å². The lowest BCUT2D eigenvalue weighted by atomic mass is 10.2. The summed E-state index contributed by atoms with van der Waals surface area (Å²) < 4.78 is 37.0. The molecule has 2 rings (SSSR count). The molecule has 1 heterocycles. The number of anilines is 1. The second-order valence-electron chi connectivity index (χ2n) is 3.75. The maximum absolute atomic E-state index is 12.3. The van der Waals surface area contributed by atoms with Crippen LogP contribution in [0.3, 0.4) is 0 Å². The van der Waals surface area contributed by atoms with E-state index in [-0.39, 0.29) is 0 Å². The predicted molar refractivity (Wildman–Crippen MR) is 63.0 cm³/mol. The summed E-state index contributed by atoms with van der Waals surface area (Å²) in [6.45, 7) is 0.478. The number of halogens is 3. The van der Waals surface area contributed by atoms with E-state index < -0.39 is 11.7 Å². The second kappa shape index (κ2) is 5.08. The van der Waals surface area contributed by atoms with Crippen molar-refractivity contribution in [2.45, 2.75) is 12.7 Å². The molecule has 0 amide bonds. The van der Waals surface area contributed by atoms with Gasteiger partial charge in [0.05, 0.1) is 17.8 Å². The minimum absolute atomic E-state index is 0.478. The third-order valence-corrected chi connectivity index (χ3v) is 2.41. The summed E-state index contributed by atoms with van der Waals surface area (Å²) in [6.07, 6.45) is -2.62. The molecular weight excluding hydrogens is 241 g/mol. The normalized spacial score (nSPS) is 11.3. The fraction of sp³-hybridized carbons (Fsp3) is 0.154. The lowest BCUT2D eigenvalue weighted by Crippen LogP contribution is -2.05. The second-order valence-corrected chi connectivity index (χ2v) is 3.75. The van der Waals surface area contributed by atoms with E-state index in [2.05, 4.69) is 10.3 Å². The van der Waals surface area contributed by atoms with Crippen molar-refractivity contribution in [3.63, 3.8) is 0 Å². The summed E-state index contributed by atoms with van der Waals surface area (Å²) in [4.78, 5) is 4.11. The molecule has 94 valence electrons. The molecule has 0 saturated heterocycles. The zero-order valence-electron chi connectivity index (χ0n) is 9.41. The van der Waals surface area contributed by atoms with Crippen LogP contribution in [0.2, 0.25) is 0 Å². The Balaban J connectivity index is 1.99. The van der Waals surface area contributed by atoms with E-state index in [0.717, 1.165) is 17.8 Å². The summed E-state index contributed by atoms with van der Waals surface area (Å²) in [5.41, 5.74) is 0.817. The largest absolute Gasteiger partial charge is 0.416 e. The van der Waals surface area contributed by atoms with E-state index in [9.17, 15) is 13.2 Å². The summed E-state index contributed by atoms with van der Waals surface area (Å²) in [7, 11) is 0. The molecule has 1 N–H and O–H groups in total. The molecule has 5 heteroatoms. The number of alkyl halides is 3. The fourth-order valence-electron chi connectivity index (χ4n) is 1.47. The highest BCUT2D eigenvalue weighted by Gasteiger charge is 2.29. The van der Waals surface area contributed by atoms with Crippen molar-refractivity contribution >= 4 is 5.69 Å². The SMILES string of the molecule is FC(F)(F)c1ccc(NCc2ccccn2)cc1. The van der Waals surface area contributed by atoms with Gasteiger partial charge in [0, 0.05) is 11.9 Å². The topological polar surface area (TPSA) is 24.9 Å². The molecule has 0 aliphatic heterocycles. The van der Waals surface area contributed by atoms with Crippen LogP contribution in [0.4, 0.5) is 18.9 Å². The Labute approximate surface area is 102 Å². The first-order valence-corrected chi connectivity index (χ1v) is 5.37. The zero-order valence-corrected chi connectivity index (χ0v) is 9.41. The average molecular weight is 252 g/mol. The average Bonchev–Trinajstić information content (AvgIpc) is 2.37. The van der Waals surface area contributed by atoms with Gasteiger partial charge < -0.3 is 5.32 Å².